The van der Waals surface area contributed by atoms with Gasteiger partial charge in [-0.15, -0.1) is 0 Å². The first kappa shape index (κ1) is 9.28. The highest BCUT2D eigenvalue weighted by Crippen LogP contribution is 2.33. The Bertz CT molecular complexity index is 394. The number of ether oxygens (including phenoxy) is 1. The van der Waals surface area contributed by atoms with Crippen LogP contribution in [0.4, 0.5) is 0 Å². The van der Waals surface area contributed by atoms with E-state index in [1.54, 1.807) is 0 Å². The topological polar surface area (TPSA) is 35.2 Å². The number of nitrogens with two attached hydrogens (primary N) is 1. The maximum absolute atomic E-state index is 5.70. The van der Waals surface area contributed by atoms with Gasteiger partial charge in [0.2, 0.25) is 0 Å². The van der Waals surface area contributed by atoms with Crippen molar-refractivity contribution in [1.29, 1.82) is 0 Å². The summed E-state index contributed by atoms with van der Waals surface area (Å²) in [4.78, 5) is 0. The molecule has 1 aromatic carbocycles. The average Bonchev–Trinajstić information content (AvgIpc) is 2.16. The van der Waals surface area contributed by atoms with Gasteiger partial charge < -0.3 is 10.5 Å². The molecular weight excluding hydrogens is 174 g/mol. The SMILES string of the molecule is Cc1cc(C)c2c(c1)OCC=C2CN. The summed E-state index contributed by atoms with van der Waals surface area (Å²) in [5, 5.41) is 0. The lowest BCUT2D eigenvalue weighted by molar-refractivity contribution is 0.356. The highest BCUT2D eigenvalue weighted by molar-refractivity contribution is 5.76. The predicted molar refractivity (Wildman–Crippen MR) is 58.4 cm³/mol. The molecule has 0 saturated heterocycles. The van der Waals surface area contributed by atoms with Gasteiger partial charge in [0.1, 0.15) is 12.4 Å². The quantitative estimate of drug-likeness (QED) is 0.733. The molecule has 0 aromatic heterocycles. The molecule has 1 heterocycles. The van der Waals surface area contributed by atoms with Gasteiger partial charge in [0.05, 0.1) is 0 Å². The third kappa shape index (κ3) is 1.42. The fourth-order valence-electron chi connectivity index (χ4n) is 1.97. The third-order valence-electron chi connectivity index (χ3n) is 2.55. The molecule has 0 amide bonds. The van der Waals surface area contributed by atoms with Crippen LogP contribution >= 0.6 is 0 Å². The van der Waals surface area contributed by atoms with E-state index in [0.717, 1.165) is 5.75 Å². The summed E-state index contributed by atoms with van der Waals surface area (Å²) in [6.07, 6.45) is 2.06. The lowest BCUT2D eigenvalue weighted by Crippen LogP contribution is -2.12. The molecule has 1 aliphatic rings. The number of hydrogen-bond donors (Lipinski definition) is 1. The Balaban J connectivity index is 2.60. The molecule has 0 atom stereocenters. The molecule has 0 saturated carbocycles. The molecule has 74 valence electrons. The molecule has 2 rings (SSSR count). The number of rotatable bonds is 1. The summed E-state index contributed by atoms with van der Waals surface area (Å²) < 4.78 is 5.59. The molecule has 0 fully saturated rings. The van der Waals surface area contributed by atoms with E-state index >= 15 is 0 Å². The molecule has 14 heavy (non-hydrogen) atoms. The molecular formula is C12H15NO. The van der Waals surface area contributed by atoms with Gasteiger partial charge in [-0.2, -0.15) is 0 Å². The summed E-state index contributed by atoms with van der Waals surface area (Å²) >= 11 is 0. The Morgan fingerprint density at radius 1 is 1.36 bits per heavy atom. The van der Waals surface area contributed by atoms with Gasteiger partial charge in [0.15, 0.2) is 0 Å². The van der Waals surface area contributed by atoms with E-state index in [-0.39, 0.29) is 0 Å². The molecule has 2 N–H and O–H groups in total. The van der Waals surface area contributed by atoms with Crippen LogP contribution in [0.15, 0.2) is 18.2 Å². The average molecular weight is 189 g/mol. The lowest BCUT2D eigenvalue weighted by atomic mass is 9.96. The van der Waals surface area contributed by atoms with E-state index in [9.17, 15) is 0 Å². The maximum atomic E-state index is 5.70. The molecule has 2 heteroatoms. The normalized spacial score (nSPS) is 14.4. The van der Waals surface area contributed by atoms with E-state index in [1.165, 1.54) is 22.3 Å². The maximum Gasteiger partial charge on any atom is 0.127 e. The smallest absolute Gasteiger partial charge is 0.127 e. The zero-order valence-electron chi connectivity index (χ0n) is 8.63. The van der Waals surface area contributed by atoms with Gasteiger partial charge in [0.25, 0.3) is 0 Å². The Morgan fingerprint density at radius 3 is 2.86 bits per heavy atom. The molecule has 1 aromatic rings. The predicted octanol–water partition coefficient (Wildman–Crippen LogP) is 2.04. The van der Waals surface area contributed by atoms with Crippen LogP contribution < -0.4 is 10.5 Å². The molecule has 0 spiro atoms. The summed E-state index contributed by atoms with van der Waals surface area (Å²) in [7, 11) is 0. The van der Waals surface area contributed by atoms with Crippen LogP contribution in [0.3, 0.4) is 0 Å². The van der Waals surface area contributed by atoms with Crippen LogP contribution in [0.1, 0.15) is 16.7 Å². The molecule has 1 aliphatic heterocycles. The highest BCUT2D eigenvalue weighted by atomic mass is 16.5. The minimum Gasteiger partial charge on any atom is -0.489 e. The van der Waals surface area contributed by atoms with Crippen molar-refractivity contribution in [2.24, 2.45) is 5.73 Å². The van der Waals surface area contributed by atoms with Crippen LogP contribution in [0, 0.1) is 13.8 Å². The van der Waals surface area contributed by atoms with E-state index in [2.05, 4.69) is 32.1 Å². The number of hydrogen-bond acceptors (Lipinski definition) is 2. The fourth-order valence-corrected chi connectivity index (χ4v) is 1.97. The minimum absolute atomic E-state index is 0.584. The monoisotopic (exact) mass is 189 g/mol. The van der Waals surface area contributed by atoms with Crippen LogP contribution in [0.5, 0.6) is 5.75 Å². The summed E-state index contributed by atoms with van der Waals surface area (Å²) in [5.74, 6) is 0.977. The van der Waals surface area contributed by atoms with Crippen molar-refractivity contribution in [3.63, 3.8) is 0 Å². The van der Waals surface area contributed by atoms with Gasteiger partial charge in [-0.05, 0) is 42.7 Å². The van der Waals surface area contributed by atoms with E-state index < -0.39 is 0 Å². The van der Waals surface area contributed by atoms with Gasteiger partial charge in [-0.1, -0.05) is 6.07 Å². The van der Waals surface area contributed by atoms with Crippen molar-refractivity contribution < 1.29 is 4.74 Å². The summed E-state index contributed by atoms with van der Waals surface area (Å²) in [6.45, 7) is 5.41. The Morgan fingerprint density at radius 2 is 2.14 bits per heavy atom. The fraction of sp³-hybridized carbons (Fsp3) is 0.333. The van der Waals surface area contributed by atoms with Gasteiger partial charge in [-0.3, -0.25) is 0 Å². The van der Waals surface area contributed by atoms with Gasteiger partial charge >= 0.3 is 0 Å². The van der Waals surface area contributed by atoms with Crippen molar-refractivity contribution in [3.8, 4) is 5.75 Å². The van der Waals surface area contributed by atoms with Crippen molar-refractivity contribution in [2.45, 2.75) is 13.8 Å². The van der Waals surface area contributed by atoms with Crippen molar-refractivity contribution in [2.75, 3.05) is 13.2 Å². The van der Waals surface area contributed by atoms with E-state index in [0.29, 0.717) is 13.2 Å². The second kappa shape index (κ2) is 3.46. The van der Waals surface area contributed by atoms with Crippen molar-refractivity contribution in [3.05, 3.63) is 34.9 Å². The van der Waals surface area contributed by atoms with Crippen LogP contribution in [0.2, 0.25) is 0 Å². The molecule has 2 nitrogen and oxygen atoms in total. The van der Waals surface area contributed by atoms with Crippen LogP contribution in [-0.2, 0) is 0 Å². The van der Waals surface area contributed by atoms with E-state index in [1.807, 2.05) is 0 Å². The number of fused-ring (bicyclic) bond motifs is 1. The first-order chi connectivity index (χ1) is 6.72. The first-order valence-corrected chi connectivity index (χ1v) is 4.86. The van der Waals surface area contributed by atoms with Gasteiger partial charge in [0, 0.05) is 12.1 Å². The Kier molecular flexibility index (Phi) is 2.30. The van der Waals surface area contributed by atoms with Crippen molar-refractivity contribution >= 4 is 5.57 Å². The van der Waals surface area contributed by atoms with E-state index in [4.69, 9.17) is 10.5 Å². The molecule has 0 unspecified atom stereocenters. The van der Waals surface area contributed by atoms with Crippen LogP contribution in [-0.4, -0.2) is 13.2 Å². The molecule has 0 radical (unpaired) electrons. The Labute approximate surface area is 84.4 Å². The van der Waals surface area contributed by atoms with Crippen LogP contribution in [0.25, 0.3) is 5.57 Å². The second-order valence-corrected chi connectivity index (χ2v) is 3.70. The standard InChI is InChI=1S/C12H15NO/c1-8-5-9(2)12-10(7-13)3-4-14-11(12)6-8/h3,5-6H,4,7,13H2,1-2H3. The third-order valence-corrected chi connectivity index (χ3v) is 2.55. The summed E-state index contributed by atoms with van der Waals surface area (Å²) in [5.41, 5.74) is 10.6. The zero-order valence-corrected chi connectivity index (χ0v) is 8.63. The highest BCUT2D eigenvalue weighted by Gasteiger charge is 2.15. The second-order valence-electron chi connectivity index (χ2n) is 3.70. The molecule has 0 aliphatic carbocycles. The Hall–Kier alpha value is -1.28. The first-order valence-electron chi connectivity index (χ1n) is 4.86. The zero-order chi connectivity index (χ0) is 10.1. The lowest BCUT2D eigenvalue weighted by Gasteiger charge is -2.20. The number of aryl methyl sites for hydroxylation is 2. The molecule has 0 bridgehead atoms. The van der Waals surface area contributed by atoms with Crippen molar-refractivity contribution in [1.82, 2.24) is 0 Å². The number of benzene rings is 1. The summed E-state index contributed by atoms with van der Waals surface area (Å²) in [6, 6.07) is 4.24. The van der Waals surface area contributed by atoms with Gasteiger partial charge in [-0.25, -0.2) is 0 Å². The largest absolute Gasteiger partial charge is 0.489 e. The minimum atomic E-state index is 0.584.